The van der Waals surface area contributed by atoms with Crippen LogP contribution in [-0.2, 0) is 10.2 Å². The minimum absolute atomic E-state index is 0. The number of halogens is 1. The topological polar surface area (TPSA) is 45.7 Å². The van der Waals surface area contributed by atoms with Gasteiger partial charge in [-0.2, -0.15) is 0 Å². The van der Waals surface area contributed by atoms with Gasteiger partial charge in [0, 0.05) is 19.0 Å². The Bertz CT molecular complexity index is 588. The fourth-order valence-electron chi connectivity index (χ4n) is 3.63. The summed E-state index contributed by atoms with van der Waals surface area (Å²) in [6.07, 6.45) is 4.32. The summed E-state index contributed by atoms with van der Waals surface area (Å²) in [5.41, 5.74) is 2.70. The van der Waals surface area contributed by atoms with Crippen LogP contribution in [0.1, 0.15) is 44.2 Å². The standard InChI is InChI=1S/C19H29N3O.HI/c1-13-6-5-7-14(10-13)19(2,3)12-21-18(20-4)22-16-11-15-8-9-17(16)23-15;/h5-7,10,15-17H,8-9,11-12H2,1-4H3,(H2,20,21,22);1H. The molecule has 4 nitrogen and oxygen atoms in total. The summed E-state index contributed by atoms with van der Waals surface area (Å²) in [4.78, 5) is 4.39. The molecular weight excluding hydrogens is 413 g/mol. The van der Waals surface area contributed by atoms with Crippen LogP contribution in [0.25, 0.3) is 0 Å². The SMILES string of the molecule is CN=C(NCC(C)(C)c1cccc(C)c1)NC1CC2CCC1O2.I. The molecule has 0 amide bonds. The van der Waals surface area contributed by atoms with E-state index in [2.05, 4.69) is 60.7 Å². The first-order chi connectivity index (χ1) is 11.0. The lowest BCUT2D eigenvalue weighted by Gasteiger charge is -2.29. The molecule has 2 aliphatic rings. The van der Waals surface area contributed by atoms with Gasteiger partial charge in [-0.25, -0.2) is 0 Å². The Morgan fingerprint density at radius 3 is 2.71 bits per heavy atom. The van der Waals surface area contributed by atoms with Gasteiger partial charge in [-0.3, -0.25) is 4.99 Å². The molecule has 0 aromatic heterocycles. The smallest absolute Gasteiger partial charge is 0.191 e. The van der Waals surface area contributed by atoms with Crippen LogP contribution in [0.4, 0.5) is 0 Å². The lowest BCUT2D eigenvalue weighted by Crippen LogP contribution is -2.49. The number of aliphatic imine (C=N–C) groups is 1. The molecular formula is C19H30IN3O. The fourth-order valence-corrected chi connectivity index (χ4v) is 3.63. The molecule has 2 bridgehead atoms. The third-order valence-corrected chi connectivity index (χ3v) is 5.15. The van der Waals surface area contributed by atoms with Gasteiger partial charge in [0.25, 0.3) is 0 Å². The van der Waals surface area contributed by atoms with Crippen LogP contribution in [0.15, 0.2) is 29.3 Å². The first-order valence-electron chi connectivity index (χ1n) is 8.68. The molecule has 0 spiro atoms. The Morgan fingerprint density at radius 2 is 2.12 bits per heavy atom. The molecule has 5 heteroatoms. The summed E-state index contributed by atoms with van der Waals surface area (Å²) in [6.45, 7) is 7.52. The summed E-state index contributed by atoms with van der Waals surface area (Å²) >= 11 is 0. The van der Waals surface area contributed by atoms with Crippen LogP contribution in [-0.4, -0.2) is 37.8 Å². The van der Waals surface area contributed by atoms with E-state index in [1.165, 1.54) is 24.0 Å². The summed E-state index contributed by atoms with van der Waals surface area (Å²) in [6, 6.07) is 9.15. The molecule has 3 atom stereocenters. The third kappa shape index (κ3) is 4.42. The number of nitrogens with one attached hydrogen (secondary N) is 2. The van der Waals surface area contributed by atoms with Crippen molar-refractivity contribution in [1.82, 2.24) is 10.6 Å². The van der Waals surface area contributed by atoms with Crippen molar-refractivity contribution >= 4 is 29.9 Å². The Balaban J connectivity index is 0.00000208. The molecule has 0 aliphatic carbocycles. The van der Waals surface area contributed by atoms with Crippen LogP contribution < -0.4 is 10.6 Å². The monoisotopic (exact) mass is 443 g/mol. The van der Waals surface area contributed by atoms with Gasteiger partial charge in [-0.05, 0) is 31.7 Å². The maximum absolute atomic E-state index is 5.91. The second kappa shape index (κ2) is 8.04. The van der Waals surface area contributed by atoms with Gasteiger partial charge in [0.2, 0.25) is 0 Å². The second-order valence-corrected chi connectivity index (χ2v) is 7.54. The zero-order valence-corrected chi connectivity index (χ0v) is 17.5. The Morgan fingerprint density at radius 1 is 1.33 bits per heavy atom. The summed E-state index contributed by atoms with van der Waals surface area (Å²) in [7, 11) is 1.84. The zero-order chi connectivity index (χ0) is 16.4. The van der Waals surface area contributed by atoms with Crippen molar-refractivity contribution in [2.24, 2.45) is 4.99 Å². The minimum atomic E-state index is 0. The van der Waals surface area contributed by atoms with Crippen LogP contribution in [0.2, 0.25) is 0 Å². The van der Waals surface area contributed by atoms with Crippen molar-refractivity contribution in [3.05, 3.63) is 35.4 Å². The highest BCUT2D eigenvalue weighted by Gasteiger charge is 2.41. The number of fused-ring (bicyclic) bond motifs is 2. The van der Waals surface area contributed by atoms with E-state index in [0.717, 1.165) is 18.9 Å². The predicted molar refractivity (Wildman–Crippen MR) is 110 cm³/mol. The number of hydrogen-bond donors (Lipinski definition) is 2. The van der Waals surface area contributed by atoms with E-state index in [0.29, 0.717) is 18.2 Å². The highest BCUT2D eigenvalue weighted by molar-refractivity contribution is 14.0. The highest BCUT2D eigenvalue weighted by atomic mass is 127. The summed E-state index contributed by atoms with van der Waals surface area (Å²) < 4.78 is 5.91. The number of nitrogens with zero attached hydrogens (tertiary/aromatic N) is 1. The average Bonchev–Trinajstić information content (AvgIpc) is 3.14. The van der Waals surface area contributed by atoms with Crippen molar-refractivity contribution in [3.8, 4) is 0 Å². The van der Waals surface area contributed by atoms with E-state index in [1.54, 1.807) is 0 Å². The van der Waals surface area contributed by atoms with E-state index in [-0.39, 0.29) is 29.4 Å². The van der Waals surface area contributed by atoms with Crippen molar-refractivity contribution in [2.75, 3.05) is 13.6 Å². The lowest BCUT2D eigenvalue weighted by atomic mass is 9.84. The molecule has 2 aliphatic heterocycles. The Labute approximate surface area is 162 Å². The van der Waals surface area contributed by atoms with Crippen LogP contribution in [0, 0.1) is 6.92 Å². The summed E-state index contributed by atoms with van der Waals surface area (Å²) in [5.74, 6) is 0.881. The molecule has 3 unspecified atom stereocenters. The Hall–Kier alpha value is -0.820. The van der Waals surface area contributed by atoms with Gasteiger partial charge in [0.05, 0.1) is 18.2 Å². The molecule has 3 rings (SSSR count). The molecule has 2 fully saturated rings. The normalized spacial score (nSPS) is 26.2. The van der Waals surface area contributed by atoms with Crippen LogP contribution in [0.5, 0.6) is 0 Å². The van der Waals surface area contributed by atoms with Gasteiger partial charge in [0.1, 0.15) is 0 Å². The van der Waals surface area contributed by atoms with Gasteiger partial charge in [-0.15, -0.1) is 24.0 Å². The predicted octanol–water partition coefficient (Wildman–Crippen LogP) is 3.38. The van der Waals surface area contributed by atoms with Gasteiger partial charge >= 0.3 is 0 Å². The highest BCUT2D eigenvalue weighted by Crippen LogP contribution is 2.34. The summed E-state index contributed by atoms with van der Waals surface area (Å²) in [5, 5.41) is 7.04. The quantitative estimate of drug-likeness (QED) is 0.426. The van der Waals surface area contributed by atoms with Gasteiger partial charge in [0.15, 0.2) is 5.96 Å². The van der Waals surface area contributed by atoms with Crippen molar-refractivity contribution < 1.29 is 4.74 Å². The van der Waals surface area contributed by atoms with Crippen molar-refractivity contribution in [3.63, 3.8) is 0 Å². The lowest BCUT2D eigenvalue weighted by molar-refractivity contribution is 0.0992. The van der Waals surface area contributed by atoms with Crippen molar-refractivity contribution in [1.29, 1.82) is 0 Å². The largest absolute Gasteiger partial charge is 0.373 e. The van der Waals surface area contributed by atoms with E-state index in [9.17, 15) is 0 Å². The molecule has 2 saturated heterocycles. The maximum Gasteiger partial charge on any atom is 0.191 e. The third-order valence-electron chi connectivity index (χ3n) is 5.15. The molecule has 0 saturated carbocycles. The molecule has 0 radical (unpaired) electrons. The van der Waals surface area contributed by atoms with Crippen LogP contribution in [0.3, 0.4) is 0 Å². The Kier molecular flexibility index (Phi) is 6.53. The van der Waals surface area contributed by atoms with Crippen molar-refractivity contribution in [2.45, 2.75) is 63.7 Å². The first kappa shape index (κ1) is 19.5. The number of aryl methyl sites for hydroxylation is 1. The second-order valence-electron chi connectivity index (χ2n) is 7.54. The molecule has 1 aromatic rings. The molecule has 1 aromatic carbocycles. The van der Waals surface area contributed by atoms with E-state index >= 15 is 0 Å². The minimum Gasteiger partial charge on any atom is -0.373 e. The van der Waals surface area contributed by atoms with E-state index in [1.807, 2.05) is 7.05 Å². The van der Waals surface area contributed by atoms with Gasteiger partial charge in [-0.1, -0.05) is 43.7 Å². The molecule has 134 valence electrons. The fraction of sp³-hybridized carbons (Fsp3) is 0.632. The molecule has 24 heavy (non-hydrogen) atoms. The maximum atomic E-state index is 5.91. The average molecular weight is 443 g/mol. The molecule has 2 N–H and O–H groups in total. The van der Waals surface area contributed by atoms with Crippen LogP contribution >= 0.6 is 24.0 Å². The first-order valence-corrected chi connectivity index (χ1v) is 8.68. The van der Waals surface area contributed by atoms with E-state index in [4.69, 9.17) is 4.74 Å². The zero-order valence-electron chi connectivity index (χ0n) is 15.1. The number of ether oxygens (including phenoxy) is 1. The number of rotatable bonds is 4. The number of guanidine groups is 1. The molecule has 2 heterocycles. The van der Waals surface area contributed by atoms with E-state index < -0.39 is 0 Å². The number of benzene rings is 1. The number of hydrogen-bond acceptors (Lipinski definition) is 2. The van der Waals surface area contributed by atoms with Gasteiger partial charge < -0.3 is 15.4 Å².